The number of fused-ring (bicyclic) bond motifs is 4. The molecule has 0 saturated carbocycles. The van der Waals surface area contributed by atoms with Crippen LogP contribution < -0.4 is 10.6 Å². The molecule has 0 radical (unpaired) electrons. The van der Waals surface area contributed by atoms with Crippen molar-refractivity contribution in [2.75, 3.05) is 52.4 Å². The summed E-state index contributed by atoms with van der Waals surface area (Å²) in [6.07, 6.45) is 9.79. The molecule has 7 nitrogen and oxygen atoms in total. The molecule has 0 spiro atoms. The first-order valence-electron chi connectivity index (χ1n) is 10.8. The van der Waals surface area contributed by atoms with Crippen LogP contribution in [0.3, 0.4) is 0 Å². The Hall–Kier alpha value is -2.27. The van der Waals surface area contributed by atoms with E-state index in [0.29, 0.717) is 11.7 Å². The molecule has 0 aliphatic carbocycles. The summed E-state index contributed by atoms with van der Waals surface area (Å²) in [4.78, 5) is 19.2. The third kappa shape index (κ3) is 4.20. The Balaban J connectivity index is 1.18. The van der Waals surface area contributed by atoms with Crippen LogP contribution in [0.5, 0.6) is 0 Å². The van der Waals surface area contributed by atoms with Gasteiger partial charge in [0.05, 0.1) is 6.54 Å². The summed E-state index contributed by atoms with van der Waals surface area (Å²) in [6.45, 7) is 8.21. The molecular formula is C22H29N5O2. The maximum atomic E-state index is 12.8. The molecule has 0 aromatic rings. The molecule has 1 unspecified atom stereocenters. The fourth-order valence-electron chi connectivity index (χ4n) is 4.77. The monoisotopic (exact) mass is 395 g/mol. The van der Waals surface area contributed by atoms with Crippen molar-refractivity contribution in [3.63, 3.8) is 0 Å². The van der Waals surface area contributed by atoms with Crippen LogP contribution in [0.25, 0.3) is 0 Å². The Kier molecular flexibility index (Phi) is 5.32. The molecule has 4 fully saturated rings. The minimum atomic E-state index is -0.139. The lowest BCUT2D eigenvalue weighted by Crippen LogP contribution is -2.58. The standard InChI is InChI=1S/C22H29N5O2/c28-22(24-20-16-26-9-3-17(20)4-10-26)27-11-5-21-18(15-27)14-19(29-21)2-1-8-25-12-6-23-7-13-25/h5,11,14-15,17,20-21,23H,3-4,6-10,12-13,16H2,(H,24,28)/t20-,21?/m0/s1. The number of piperidine rings is 3. The Labute approximate surface area is 172 Å². The molecule has 7 heteroatoms. The van der Waals surface area contributed by atoms with Crippen LogP contribution in [0.1, 0.15) is 12.8 Å². The third-order valence-corrected chi connectivity index (χ3v) is 6.51. The number of nitrogens with one attached hydrogen (secondary N) is 2. The van der Waals surface area contributed by atoms with Gasteiger partial charge in [-0.05, 0) is 49.9 Å². The molecule has 2 bridgehead atoms. The van der Waals surface area contributed by atoms with E-state index in [9.17, 15) is 4.79 Å². The van der Waals surface area contributed by atoms with Gasteiger partial charge in [0.2, 0.25) is 0 Å². The Morgan fingerprint density at radius 1 is 1.24 bits per heavy atom. The molecule has 6 aliphatic heterocycles. The predicted molar refractivity (Wildman–Crippen MR) is 111 cm³/mol. The number of ether oxygens (including phenoxy) is 1. The first-order chi connectivity index (χ1) is 14.2. The first kappa shape index (κ1) is 18.7. The van der Waals surface area contributed by atoms with Crippen molar-refractivity contribution in [1.29, 1.82) is 0 Å². The summed E-state index contributed by atoms with van der Waals surface area (Å²) >= 11 is 0. The highest BCUT2D eigenvalue weighted by Crippen LogP contribution is 2.29. The highest BCUT2D eigenvalue weighted by Gasteiger charge is 2.35. The summed E-state index contributed by atoms with van der Waals surface area (Å²) in [5.41, 5.74) is 0.975. The van der Waals surface area contributed by atoms with Crippen molar-refractivity contribution in [3.8, 4) is 11.8 Å². The van der Waals surface area contributed by atoms with Crippen LogP contribution in [0.15, 0.2) is 35.9 Å². The van der Waals surface area contributed by atoms with E-state index in [2.05, 4.69) is 32.3 Å². The zero-order valence-electron chi connectivity index (χ0n) is 16.8. The maximum Gasteiger partial charge on any atom is 0.325 e. The average Bonchev–Trinajstić information content (AvgIpc) is 3.17. The van der Waals surface area contributed by atoms with Gasteiger partial charge in [0.15, 0.2) is 5.76 Å². The third-order valence-electron chi connectivity index (χ3n) is 6.51. The van der Waals surface area contributed by atoms with Gasteiger partial charge in [0.25, 0.3) is 0 Å². The van der Waals surface area contributed by atoms with Gasteiger partial charge >= 0.3 is 6.03 Å². The minimum absolute atomic E-state index is 0.0578. The molecule has 4 saturated heterocycles. The van der Waals surface area contributed by atoms with Gasteiger partial charge in [-0.15, -0.1) is 0 Å². The quantitative estimate of drug-likeness (QED) is 0.674. The molecule has 154 valence electrons. The SMILES string of the molecule is O=C(N[C@H]1CN2CCC1CC2)N1C=CC2OC(C#CCN3CCNCC3)=CC2=C1. The number of rotatable bonds is 2. The number of carbonyl (C=O) groups is 1. The summed E-state index contributed by atoms with van der Waals surface area (Å²) < 4.78 is 5.91. The van der Waals surface area contributed by atoms with Crippen molar-refractivity contribution < 1.29 is 9.53 Å². The van der Waals surface area contributed by atoms with Gasteiger partial charge in [0, 0.05) is 56.7 Å². The van der Waals surface area contributed by atoms with Crippen LogP contribution in [0.2, 0.25) is 0 Å². The summed E-state index contributed by atoms with van der Waals surface area (Å²) in [5.74, 6) is 7.65. The first-order valence-corrected chi connectivity index (χ1v) is 10.8. The van der Waals surface area contributed by atoms with Crippen molar-refractivity contribution in [2.24, 2.45) is 5.92 Å². The van der Waals surface area contributed by atoms with E-state index in [4.69, 9.17) is 4.74 Å². The minimum Gasteiger partial charge on any atom is -0.473 e. The lowest BCUT2D eigenvalue weighted by Gasteiger charge is -2.45. The molecule has 2 N–H and O–H groups in total. The zero-order chi connectivity index (χ0) is 19.6. The number of piperazine rings is 1. The lowest BCUT2D eigenvalue weighted by atomic mass is 9.84. The Morgan fingerprint density at radius 3 is 2.83 bits per heavy atom. The lowest BCUT2D eigenvalue weighted by molar-refractivity contribution is 0.0751. The fraction of sp³-hybridized carbons (Fsp3) is 0.591. The van der Waals surface area contributed by atoms with E-state index in [1.54, 1.807) is 11.1 Å². The van der Waals surface area contributed by atoms with Gasteiger partial charge in [-0.2, -0.15) is 0 Å². The van der Waals surface area contributed by atoms with Crippen molar-refractivity contribution >= 4 is 6.03 Å². The second kappa shape index (κ2) is 8.23. The van der Waals surface area contributed by atoms with Crippen LogP contribution in [-0.4, -0.2) is 85.2 Å². The highest BCUT2D eigenvalue weighted by molar-refractivity contribution is 5.77. The average molecular weight is 396 g/mol. The largest absolute Gasteiger partial charge is 0.473 e. The molecule has 6 aliphatic rings. The Morgan fingerprint density at radius 2 is 2.07 bits per heavy atom. The molecule has 0 aromatic heterocycles. The zero-order valence-corrected chi connectivity index (χ0v) is 16.8. The van der Waals surface area contributed by atoms with Crippen LogP contribution in [0.4, 0.5) is 4.79 Å². The number of nitrogens with zero attached hydrogens (tertiary/aromatic N) is 3. The summed E-state index contributed by atoms with van der Waals surface area (Å²) in [7, 11) is 0. The summed E-state index contributed by atoms with van der Waals surface area (Å²) in [6, 6.07) is 0.203. The number of allylic oxidation sites excluding steroid dienone is 1. The van der Waals surface area contributed by atoms with Crippen LogP contribution in [0, 0.1) is 17.8 Å². The van der Waals surface area contributed by atoms with Crippen LogP contribution in [-0.2, 0) is 4.74 Å². The van der Waals surface area contributed by atoms with Gasteiger partial charge < -0.3 is 20.3 Å². The topological polar surface area (TPSA) is 60.1 Å². The van der Waals surface area contributed by atoms with E-state index < -0.39 is 0 Å². The molecule has 0 aromatic carbocycles. The Bertz CT molecular complexity index is 794. The van der Waals surface area contributed by atoms with Crippen molar-refractivity contribution in [1.82, 2.24) is 25.3 Å². The van der Waals surface area contributed by atoms with Crippen molar-refractivity contribution in [2.45, 2.75) is 25.0 Å². The number of hydrogen-bond donors (Lipinski definition) is 2. The van der Waals surface area contributed by atoms with E-state index in [1.165, 1.54) is 25.9 Å². The van der Waals surface area contributed by atoms with Crippen molar-refractivity contribution in [3.05, 3.63) is 35.9 Å². The van der Waals surface area contributed by atoms with E-state index in [1.807, 2.05) is 18.4 Å². The second-order valence-electron chi connectivity index (χ2n) is 8.45. The van der Waals surface area contributed by atoms with Crippen LogP contribution >= 0.6 is 0 Å². The second-order valence-corrected chi connectivity index (χ2v) is 8.45. The van der Waals surface area contributed by atoms with E-state index in [0.717, 1.165) is 44.8 Å². The molecule has 6 heterocycles. The normalized spacial score (nSPS) is 33.2. The maximum absolute atomic E-state index is 12.8. The van der Waals surface area contributed by atoms with E-state index in [-0.39, 0.29) is 18.2 Å². The number of urea groups is 1. The smallest absolute Gasteiger partial charge is 0.325 e. The summed E-state index contributed by atoms with van der Waals surface area (Å²) in [5, 5.41) is 6.58. The van der Waals surface area contributed by atoms with Gasteiger partial charge in [-0.25, -0.2) is 4.79 Å². The predicted octanol–water partition coefficient (Wildman–Crippen LogP) is 0.695. The molecule has 29 heavy (non-hydrogen) atoms. The molecular weight excluding hydrogens is 366 g/mol. The number of hydrogen-bond acceptors (Lipinski definition) is 5. The van der Waals surface area contributed by atoms with Gasteiger partial charge in [-0.1, -0.05) is 5.92 Å². The van der Waals surface area contributed by atoms with Gasteiger partial charge in [-0.3, -0.25) is 9.80 Å². The number of carbonyl (C=O) groups excluding carboxylic acids is 1. The number of amides is 2. The fourth-order valence-corrected chi connectivity index (χ4v) is 4.77. The molecule has 6 rings (SSSR count). The van der Waals surface area contributed by atoms with E-state index >= 15 is 0 Å². The molecule has 2 amide bonds. The molecule has 2 atom stereocenters. The highest BCUT2D eigenvalue weighted by atomic mass is 16.5. The van der Waals surface area contributed by atoms with Gasteiger partial charge in [0.1, 0.15) is 6.10 Å².